The van der Waals surface area contributed by atoms with Gasteiger partial charge in [0.1, 0.15) is 5.76 Å². The zero-order valence-electron chi connectivity index (χ0n) is 16.2. The van der Waals surface area contributed by atoms with E-state index < -0.39 is 0 Å². The zero-order chi connectivity index (χ0) is 19.3. The lowest BCUT2D eigenvalue weighted by Gasteiger charge is -2.24. The molecule has 0 spiro atoms. The van der Waals surface area contributed by atoms with E-state index in [4.69, 9.17) is 9.15 Å². The highest BCUT2D eigenvalue weighted by Gasteiger charge is 2.23. The van der Waals surface area contributed by atoms with E-state index in [1.807, 2.05) is 32.0 Å². The third-order valence-electron chi connectivity index (χ3n) is 4.38. The topological polar surface area (TPSA) is 64.7 Å². The van der Waals surface area contributed by atoms with Gasteiger partial charge in [-0.15, -0.1) is 0 Å². The number of hydrogen-bond acceptors (Lipinski definition) is 4. The van der Waals surface area contributed by atoms with Crippen LogP contribution in [0.15, 0.2) is 28.9 Å². The number of aryl methyl sites for hydroxylation is 1. The number of esters is 1. The van der Waals surface area contributed by atoms with Crippen LogP contribution < -0.4 is 0 Å². The largest absolute Gasteiger partial charge is 0.469 e. The Morgan fingerprint density at radius 1 is 1.31 bits per heavy atom. The van der Waals surface area contributed by atoms with E-state index >= 15 is 0 Å². The van der Waals surface area contributed by atoms with Crippen LogP contribution in [-0.4, -0.2) is 41.5 Å². The lowest BCUT2D eigenvalue weighted by Crippen LogP contribution is -2.36. The number of amides is 1. The molecule has 0 fully saturated rings. The number of carbonyl (C=O) groups excluding carboxylic acids is 2. The van der Waals surface area contributed by atoms with Crippen molar-refractivity contribution >= 4 is 11.9 Å². The molecule has 0 saturated carbocycles. The number of rotatable bonds is 8. The first kappa shape index (κ1) is 19.8. The number of hydrogen-bond donors (Lipinski definition) is 0. The normalized spacial score (nSPS) is 11.0. The maximum atomic E-state index is 13.1. The van der Waals surface area contributed by atoms with Gasteiger partial charge in [0.05, 0.1) is 31.9 Å². The minimum Gasteiger partial charge on any atom is -0.469 e. The van der Waals surface area contributed by atoms with E-state index in [1.54, 1.807) is 11.2 Å². The summed E-state index contributed by atoms with van der Waals surface area (Å²) in [5.74, 6) is 0.787. The average Bonchev–Trinajstić information content (AvgIpc) is 3.21. The first-order chi connectivity index (χ1) is 12.3. The lowest BCUT2D eigenvalue weighted by atomic mass is 10.1. The Balaban J connectivity index is 2.22. The molecule has 2 aromatic rings. The summed E-state index contributed by atoms with van der Waals surface area (Å²) in [6, 6.07) is 5.68. The molecule has 6 heteroatoms. The Hall–Kier alpha value is -2.50. The number of carbonyl (C=O) groups is 2. The Kier molecular flexibility index (Phi) is 6.66. The van der Waals surface area contributed by atoms with Crippen molar-refractivity contribution in [1.82, 2.24) is 9.47 Å². The second kappa shape index (κ2) is 8.74. The fraction of sp³-hybridized carbons (Fsp3) is 0.500. The molecular weight excluding hydrogens is 332 g/mol. The molecule has 0 radical (unpaired) electrons. The van der Waals surface area contributed by atoms with Gasteiger partial charge in [0.25, 0.3) is 5.91 Å². The highest BCUT2D eigenvalue weighted by atomic mass is 16.5. The molecule has 0 N–H and O–H groups in total. The van der Waals surface area contributed by atoms with Gasteiger partial charge in [0.15, 0.2) is 0 Å². The molecule has 0 aliphatic rings. The van der Waals surface area contributed by atoms with Crippen LogP contribution in [0.4, 0.5) is 0 Å². The van der Waals surface area contributed by atoms with E-state index in [9.17, 15) is 9.59 Å². The fourth-order valence-electron chi connectivity index (χ4n) is 3.03. The van der Waals surface area contributed by atoms with Crippen LogP contribution in [0.5, 0.6) is 0 Å². The van der Waals surface area contributed by atoms with Gasteiger partial charge in [-0.25, -0.2) is 0 Å². The van der Waals surface area contributed by atoms with Gasteiger partial charge in [-0.1, -0.05) is 13.8 Å². The molecular formula is C20H28N2O4. The van der Waals surface area contributed by atoms with Gasteiger partial charge in [-0.05, 0) is 38.0 Å². The maximum absolute atomic E-state index is 13.1. The summed E-state index contributed by atoms with van der Waals surface area (Å²) in [5, 5.41) is 0. The fourth-order valence-corrected chi connectivity index (χ4v) is 3.03. The zero-order valence-corrected chi connectivity index (χ0v) is 16.2. The second-order valence-electron chi connectivity index (χ2n) is 6.92. The standard InChI is InChI=1S/C20H28N2O4/c1-14(2)12-21(9-8-19(23)25-5)20(24)18-11-15(3)22(16(18)4)13-17-7-6-10-26-17/h6-7,10-11,14H,8-9,12-13H2,1-5H3. The molecule has 0 aromatic carbocycles. The molecule has 0 aliphatic carbocycles. The molecule has 0 aliphatic heterocycles. The first-order valence-electron chi connectivity index (χ1n) is 8.88. The summed E-state index contributed by atoms with van der Waals surface area (Å²) in [6.07, 6.45) is 1.84. The summed E-state index contributed by atoms with van der Waals surface area (Å²) in [7, 11) is 1.36. The smallest absolute Gasteiger partial charge is 0.307 e. The van der Waals surface area contributed by atoms with Crippen LogP contribution in [0.3, 0.4) is 0 Å². The monoisotopic (exact) mass is 360 g/mol. The van der Waals surface area contributed by atoms with E-state index in [2.05, 4.69) is 18.4 Å². The van der Waals surface area contributed by atoms with Gasteiger partial charge >= 0.3 is 5.97 Å². The molecule has 2 heterocycles. The Morgan fingerprint density at radius 2 is 2.04 bits per heavy atom. The van der Waals surface area contributed by atoms with Crippen LogP contribution >= 0.6 is 0 Å². The predicted octanol–water partition coefficient (Wildman–Crippen LogP) is 3.41. The van der Waals surface area contributed by atoms with E-state index in [1.165, 1.54) is 7.11 Å². The van der Waals surface area contributed by atoms with Crippen LogP contribution in [0.1, 0.15) is 47.8 Å². The van der Waals surface area contributed by atoms with Crippen molar-refractivity contribution in [3.63, 3.8) is 0 Å². The summed E-state index contributed by atoms with van der Waals surface area (Å²) < 4.78 is 12.2. The van der Waals surface area contributed by atoms with Crippen LogP contribution in [-0.2, 0) is 16.1 Å². The number of furan rings is 1. The van der Waals surface area contributed by atoms with Crippen molar-refractivity contribution < 1.29 is 18.7 Å². The van der Waals surface area contributed by atoms with Crippen molar-refractivity contribution in [2.75, 3.05) is 20.2 Å². The predicted molar refractivity (Wildman–Crippen MR) is 99.1 cm³/mol. The van der Waals surface area contributed by atoms with Crippen LogP contribution in [0.2, 0.25) is 0 Å². The van der Waals surface area contributed by atoms with Gasteiger partial charge in [-0.2, -0.15) is 0 Å². The maximum Gasteiger partial charge on any atom is 0.307 e. The van der Waals surface area contributed by atoms with Gasteiger partial charge < -0.3 is 18.6 Å². The van der Waals surface area contributed by atoms with Crippen LogP contribution in [0, 0.1) is 19.8 Å². The number of ether oxygens (including phenoxy) is 1. The Labute approximate surface area is 154 Å². The molecule has 1 amide bonds. The summed E-state index contributed by atoms with van der Waals surface area (Å²) in [6.45, 7) is 9.57. The summed E-state index contributed by atoms with van der Waals surface area (Å²) >= 11 is 0. The van der Waals surface area contributed by atoms with Crippen molar-refractivity contribution in [1.29, 1.82) is 0 Å². The first-order valence-corrected chi connectivity index (χ1v) is 8.88. The Bertz CT molecular complexity index is 744. The lowest BCUT2D eigenvalue weighted by molar-refractivity contribution is -0.140. The van der Waals surface area contributed by atoms with Crippen molar-refractivity contribution in [3.05, 3.63) is 47.2 Å². The third-order valence-corrected chi connectivity index (χ3v) is 4.38. The molecule has 0 saturated heterocycles. The number of aromatic nitrogens is 1. The molecule has 6 nitrogen and oxygen atoms in total. The van der Waals surface area contributed by atoms with Gasteiger partial charge in [0.2, 0.25) is 0 Å². The van der Waals surface area contributed by atoms with Crippen LogP contribution in [0.25, 0.3) is 0 Å². The SMILES string of the molecule is COC(=O)CCN(CC(C)C)C(=O)c1cc(C)n(Cc2ccco2)c1C. The van der Waals surface area contributed by atoms with Gasteiger partial charge in [0, 0.05) is 24.5 Å². The molecule has 0 atom stereocenters. The van der Waals surface area contributed by atoms with Crippen molar-refractivity contribution in [3.8, 4) is 0 Å². The van der Waals surface area contributed by atoms with Crippen molar-refractivity contribution in [2.24, 2.45) is 5.92 Å². The minimum absolute atomic E-state index is 0.0543. The van der Waals surface area contributed by atoms with Crippen molar-refractivity contribution in [2.45, 2.75) is 40.7 Å². The van der Waals surface area contributed by atoms with Gasteiger partial charge in [-0.3, -0.25) is 9.59 Å². The van der Waals surface area contributed by atoms with E-state index in [0.717, 1.165) is 17.1 Å². The molecule has 2 aromatic heterocycles. The highest BCUT2D eigenvalue weighted by molar-refractivity contribution is 5.96. The highest BCUT2D eigenvalue weighted by Crippen LogP contribution is 2.20. The number of methoxy groups -OCH3 is 1. The molecule has 0 unspecified atom stereocenters. The molecule has 2 rings (SSSR count). The molecule has 0 bridgehead atoms. The minimum atomic E-state index is -0.310. The molecule has 26 heavy (non-hydrogen) atoms. The Morgan fingerprint density at radius 3 is 2.62 bits per heavy atom. The summed E-state index contributed by atoms with van der Waals surface area (Å²) in [5.41, 5.74) is 2.56. The molecule has 142 valence electrons. The third kappa shape index (κ3) is 4.77. The summed E-state index contributed by atoms with van der Waals surface area (Å²) in [4.78, 5) is 26.3. The average molecular weight is 360 g/mol. The quantitative estimate of drug-likeness (QED) is 0.677. The second-order valence-corrected chi connectivity index (χ2v) is 6.92. The van der Waals surface area contributed by atoms with E-state index in [0.29, 0.717) is 31.1 Å². The number of nitrogens with zero attached hydrogens (tertiary/aromatic N) is 2. The van der Waals surface area contributed by atoms with E-state index in [-0.39, 0.29) is 18.3 Å².